The first kappa shape index (κ1) is 17.8. The van der Waals surface area contributed by atoms with Gasteiger partial charge in [-0.25, -0.2) is 4.68 Å². The SMILES string of the molecule is Cc1ccc(C)c(-n2nc(C)c(C=C3C(=O)Nc4ccc(Cl)cc43)c2Cl)c1. The zero-order valence-corrected chi connectivity index (χ0v) is 16.6. The molecule has 0 fully saturated rings. The van der Waals surface area contributed by atoms with Crippen LogP contribution in [-0.2, 0) is 4.79 Å². The number of amides is 1. The van der Waals surface area contributed by atoms with Crippen LogP contribution in [0.5, 0.6) is 0 Å². The van der Waals surface area contributed by atoms with Gasteiger partial charge >= 0.3 is 0 Å². The molecule has 1 aromatic heterocycles. The number of benzene rings is 2. The predicted molar refractivity (Wildman–Crippen MR) is 111 cm³/mol. The molecule has 1 N–H and O–H groups in total. The smallest absolute Gasteiger partial charge is 0.256 e. The first-order chi connectivity index (χ1) is 12.8. The maximum absolute atomic E-state index is 12.5. The van der Waals surface area contributed by atoms with Gasteiger partial charge in [-0.2, -0.15) is 5.10 Å². The molecule has 3 aromatic rings. The molecule has 27 heavy (non-hydrogen) atoms. The van der Waals surface area contributed by atoms with E-state index in [1.54, 1.807) is 29.0 Å². The molecule has 4 rings (SSSR count). The lowest BCUT2D eigenvalue weighted by Gasteiger charge is -2.08. The number of carbonyl (C=O) groups is 1. The fraction of sp³-hybridized carbons (Fsp3) is 0.143. The van der Waals surface area contributed by atoms with Gasteiger partial charge in [0.1, 0.15) is 5.15 Å². The maximum atomic E-state index is 12.5. The van der Waals surface area contributed by atoms with E-state index in [9.17, 15) is 4.79 Å². The molecule has 1 amide bonds. The van der Waals surface area contributed by atoms with Crippen molar-refractivity contribution in [1.82, 2.24) is 9.78 Å². The van der Waals surface area contributed by atoms with Crippen molar-refractivity contribution in [2.24, 2.45) is 0 Å². The molecule has 0 saturated carbocycles. The van der Waals surface area contributed by atoms with E-state index in [1.807, 2.05) is 32.9 Å². The zero-order chi connectivity index (χ0) is 19.3. The average molecular weight is 398 g/mol. The second-order valence-electron chi connectivity index (χ2n) is 6.69. The molecule has 0 spiro atoms. The van der Waals surface area contributed by atoms with E-state index in [1.165, 1.54) is 0 Å². The molecule has 2 aromatic carbocycles. The molecular weight excluding hydrogens is 381 g/mol. The number of halogens is 2. The van der Waals surface area contributed by atoms with Gasteiger partial charge in [-0.3, -0.25) is 4.79 Å². The number of nitrogens with zero attached hydrogens (tertiary/aromatic N) is 2. The Hall–Kier alpha value is -2.56. The highest BCUT2D eigenvalue weighted by Crippen LogP contribution is 2.37. The zero-order valence-electron chi connectivity index (χ0n) is 15.1. The van der Waals surface area contributed by atoms with Crippen molar-refractivity contribution in [2.45, 2.75) is 20.8 Å². The van der Waals surface area contributed by atoms with Gasteiger partial charge in [-0.15, -0.1) is 0 Å². The van der Waals surface area contributed by atoms with Crippen LogP contribution in [0.15, 0.2) is 36.4 Å². The Bertz CT molecular complexity index is 1130. The van der Waals surface area contributed by atoms with Crippen LogP contribution < -0.4 is 5.32 Å². The first-order valence-corrected chi connectivity index (χ1v) is 9.26. The Morgan fingerprint density at radius 1 is 1.07 bits per heavy atom. The molecule has 2 heterocycles. The number of carbonyl (C=O) groups excluding carboxylic acids is 1. The summed E-state index contributed by atoms with van der Waals surface area (Å²) in [4.78, 5) is 12.5. The number of aromatic nitrogens is 2. The predicted octanol–water partition coefficient (Wildman–Crippen LogP) is 5.60. The van der Waals surface area contributed by atoms with Gasteiger partial charge in [0, 0.05) is 27.4 Å². The summed E-state index contributed by atoms with van der Waals surface area (Å²) in [6.45, 7) is 5.92. The molecule has 1 aliphatic heterocycles. The number of aryl methyl sites for hydroxylation is 3. The molecule has 0 aliphatic carbocycles. The van der Waals surface area contributed by atoms with Crippen molar-refractivity contribution in [3.8, 4) is 5.69 Å². The molecule has 1 aliphatic rings. The number of anilines is 1. The third kappa shape index (κ3) is 3.05. The minimum atomic E-state index is -0.179. The summed E-state index contributed by atoms with van der Waals surface area (Å²) in [7, 11) is 0. The van der Waals surface area contributed by atoms with Gasteiger partial charge in [-0.1, -0.05) is 35.3 Å². The third-order valence-electron chi connectivity index (χ3n) is 4.69. The molecule has 136 valence electrons. The van der Waals surface area contributed by atoms with Crippen LogP contribution in [0, 0.1) is 20.8 Å². The van der Waals surface area contributed by atoms with E-state index in [0.29, 0.717) is 15.7 Å². The summed E-state index contributed by atoms with van der Waals surface area (Å²) in [6, 6.07) is 11.5. The highest BCUT2D eigenvalue weighted by atomic mass is 35.5. The minimum Gasteiger partial charge on any atom is -0.321 e. The van der Waals surface area contributed by atoms with Gasteiger partial charge < -0.3 is 5.32 Å². The number of hydrogen-bond donors (Lipinski definition) is 1. The quantitative estimate of drug-likeness (QED) is 0.572. The van der Waals surface area contributed by atoms with Gasteiger partial charge in [0.15, 0.2) is 0 Å². The van der Waals surface area contributed by atoms with Crippen LogP contribution in [0.4, 0.5) is 5.69 Å². The van der Waals surface area contributed by atoms with E-state index in [4.69, 9.17) is 23.2 Å². The molecule has 4 nitrogen and oxygen atoms in total. The Morgan fingerprint density at radius 2 is 1.85 bits per heavy atom. The van der Waals surface area contributed by atoms with Crippen LogP contribution in [0.3, 0.4) is 0 Å². The Labute approximate surface area is 167 Å². The largest absolute Gasteiger partial charge is 0.321 e. The van der Waals surface area contributed by atoms with Gasteiger partial charge in [-0.05, 0) is 62.2 Å². The van der Waals surface area contributed by atoms with Crippen molar-refractivity contribution in [2.75, 3.05) is 5.32 Å². The van der Waals surface area contributed by atoms with Crippen LogP contribution in [0.1, 0.15) is 27.9 Å². The fourth-order valence-electron chi connectivity index (χ4n) is 3.23. The molecule has 0 atom stereocenters. The van der Waals surface area contributed by atoms with Crippen molar-refractivity contribution in [3.05, 3.63) is 74.5 Å². The topological polar surface area (TPSA) is 46.9 Å². The third-order valence-corrected chi connectivity index (χ3v) is 5.29. The lowest BCUT2D eigenvalue weighted by atomic mass is 10.0. The van der Waals surface area contributed by atoms with Gasteiger partial charge in [0.05, 0.1) is 11.4 Å². The average Bonchev–Trinajstić information content (AvgIpc) is 3.08. The fourth-order valence-corrected chi connectivity index (χ4v) is 3.72. The Balaban J connectivity index is 1.87. The lowest BCUT2D eigenvalue weighted by Crippen LogP contribution is -2.03. The van der Waals surface area contributed by atoms with Gasteiger partial charge in [0.25, 0.3) is 5.91 Å². The van der Waals surface area contributed by atoms with E-state index in [2.05, 4.69) is 16.5 Å². The second-order valence-corrected chi connectivity index (χ2v) is 7.49. The molecule has 0 unspecified atom stereocenters. The summed E-state index contributed by atoms with van der Waals surface area (Å²) >= 11 is 12.8. The Morgan fingerprint density at radius 3 is 2.63 bits per heavy atom. The summed E-state index contributed by atoms with van der Waals surface area (Å²) in [6.07, 6.45) is 1.78. The second kappa shape index (κ2) is 6.55. The van der Waals surface area contributed by atoms with E-state index in [-0.39, 0.29) is 5.91 Å². The molecule has 6 heteroatoms. The van der Waals surface area contributed by atoms with Crippen LogP contribution in [0.25, 0.3) is 17.3 Å². The summed E-state index contributed by atoms with van der Waals surface area (Å²) in [5.74, 6) is -0.179. The number of hydrogen-bond acceptors (Lipinski definition) is 2. The van der Waals surface area contributed by atoms with Crippen molar-refractivity contribution >= 4 is 46.4 Å². The van der Waals surface area contributed by atoms with Crippen LogP contribution in [0.2, 0.25) is 10.2 Å². The molecular formula is C21H17Cl2N3O. The normalized spacial score (nSPS) is 14.6. The van der Waals surface area contributed by atoms with E-state index < -0.39 is 0 Å². The standard InChI is InChI=1S/C21H17Cl2N3O/c1-11-4-5-12(2)19(8-11)26-20(23)15(13(3)25-26)10-17-16-9-14(22)6-7-18(16)24-21(17)27/h4-10H,1-3H3,(H,24,27). The highest BCUT2D eigenvalue weighted by molar-refractivity contribution is 6.38. The molecule has 0 bridgehead atoms. The van der Waals surface area contributed by atoms with Crippen LogP contribution >= 0.6 is 23.2 Å². The number of rotatable bonds is 2. The number of fused-ring (bicyclic) bond motifs is 1. The maximum Gasteiger partial charge on any atom is 0.256 e. The summed E-state index contributed by atoms with van der Waals surface area (Å²) < 4.78 is 1.72. The first-order valence-electron chi connectivity index (χ1n) is 8.51. The highest BCUT2D eigenvalue weighted by Gasteiger charge is 2.26. The Kier molecular flexibility index (Phi) is 4.33. The van der Waals surface area contributed by atoms with Crippen molar-refractivity contribution < 1.29 is 4.79 Å². The lowest BCUT2D eigenvalue weighted by molar-refractivity contribution is -0.110. The molecule has 0 radical (unpaired) electrons. The van der Waals surface area contributed by atoms with E-state index in [0.717, 1.165) is 39.3 Å². The monoisotopic (exact) mass is 397 g/mol. The molecule has 0 saturated heterocycles. The minimum absolute atomic E-state index is 0.179. The van der Waals surface area contributed by atoms with Crippen LogP contribution in [-0.4, -0.2) is 15.7 Å². The van der Waals surface area contributed by atoms with E-state index >= 15 is 0 Å². The summed E-state index contributed by atoms with van der Waals surface area (Å²) in [5, 5.41) is 8.50. The van der Waals surface area contributed by atoms with Crippen molar-refractivity contribution in [1.29, 1.82) is 0 Å². The van der Waals surface area contributed by atoms with Gasteiger partial charge in [0.2, 0.25) is 0 Å². The van der Waals surface area contributed by atoms with Crippen molar-refractivity contribution in [3.63, 3.8) is 0 Å². The summed E-state index contributed by atoms with van der Waals surface area (Å²) in [5.41, 5.74) is 6.62. The number of nitrogens with one attached hydrogen (secondary N) is 1.